The smallest absolute Gasteiger partial charge is 0.0495 e. The number of para-hydroxylation sites is 1. The van der Waals surface area contributed by atoms with Gasteiger partial charge in [-0.15, -0.1) is 0 Å². The summed E-state index contributed by atoms with van der Waals surface area (Å²) in [6, 6.07) is 8.58. The Morgan fingerprint density at radius 3 is 2.86 bits per heavy atom. The van der Waals surface area contributed by atoms with Crippen LogP contribution in [0, 0.1) is 5.92 Å². The first-order valence-electron chi connectivity index (χ1n) is 8.22. The van der Waals surface area contributed by atoms with Gasteiger partial charge in [0.05, 0.1) is 0 Å². The molecule has 0 aliphatic carbocycles. The molecule has 1 aromatic heterocycles. The highest BCUT2D eigenvalue weighted by molar-refractivity contribution is 5.83. The van der Waals surface area contributed by atoms with Crippen LogP contribution in [0.25, 0.3) is 10.9 Å². The number of hydrogen-bond donors (Lipinski definition) is 1. The number of aromatic nitrogens is 1. The highest BCUT2D eigenvalue weighted by Crippen LogP contribution is 2.21. The SMILES string of the molecule is CCOCC1CCN(CCc2c[nH]c3ccccc23)CC1. The quantitative estimate of drug-likeness (QED) is 0.881. The van der Waals surface area contributed by atoms with Gasteiger partial charge in [0.25, 0.3) is 0 Å². The minimum atomic E-state index is 0.772. The zero-order valence-corrected chi connectivity index (χ0v) is 13.0. The summed E-state index contributed by atoms with van der Waals surface area (Å²) in [7, 11) is 0. The Morgan fingerprint density at radius 1 is 1.24 bits per heavy atom. The highest BCUT2D eigenvalue weighted by atomic mass is 16.5. The number of benzene rings is 1. The van der Waals surface area contributed by atoms with E-state index in [1.807, 2.05) is 0 Å². The Hall–Kier alpha value is -1.32. The van der Waals surface area contributed by atoms with Gasteiger partial charge in [0.1, 0.15) is 0 Å². The van der Waals surface area contributed by atoms with Crippen molar-refractivity contribution in [2.75, 3.05) is 32.8 Å². The molecular formula is C18H26N2O. The van der Waals surface area contributed by atoms with E-state index in [0.717, 1.165) is 25.6 Å². The molecular weight excluding hydrogens is 260 g/mol. The van der Waals surface area contributed by atoms with Gasteiger partial charge in [-0.2, -0.15) is 0 Å². The molecule has 1 aliphatic rings. The number of rotatable bonds is 6. The van der Waals surface area contributed by atoms with E-state index in [-0.39, 0.29) is 0 Å². The maximum absolute atomic E-state index is 5.55. The highest BCUT2D eigenvalue weighted by Gasteiger charge is 2.19. The van der Waals surface area contributed by atoms with Crippen molar-refractivity contribution in [3.8, 4) is 0 Å². The molecule has 1 N–H and O–H groups in total. The summed E-state index contributed by atoms with van der Waals surface area (Å²) in [5, 5.41) is 1.38. The fraction of sp³-hybridized carbons (Fsp3) is 0.556. The summed E-state index contributed by atoms with van der Waals surface area (Å²) >= 11 is 0. The molecule has 3 nitrogen and oxygen atoms in total. The lowest BCUT2D eigenvalue weighted by atomic mass is 9.97. The van der Waals surface area contributed by atoms with Gasteiger partial charge >= 0.3 is 0 Å². The van der Waals surface area contributed by atoms with Gasteiger partial charge < -0.3 is 14.6 Å². The molecule has 2 aromatic rings. The molecule has 21 heavy (non-hydrogen) atoms. The third kappa shape index (κ3) is 3.66. The van der Waals surface area contributed by atoms with Crippen molar-refractivity contribution in [1.82, 2.24) is 9.88 Å². The van der Waals surface area contributed by atoms with Crippen molar-refractivity contribution in [2.45, 2.75) is 26.2 Å². The van der Waals surface area contributed by atoms with Gasteiger partial charge in [-0.3, -0.25) is 0 Å². The lowest BCUT2D eigenvalue weighted by Crippen LogP contribution is -2.36. The Kier molecular flexibility index (Phi) is 4.94. The molecule has 0 unspecified atom stereocenters. The summed E-state index contributed by atoms with van der Waals surface area (Å²) in [5.74, 6) is 0.772. The summed E-state index contributed by atoms with van der Waals surface area (Å²) in [6.07, 6.45) is 5.88. The molecule has 0 bridgehead atoms. The van der Waals surface area contributed by atoms with Gasteiger partial charge in [-0.05, 0) is 56.8 Å². The normalized spacial score (nSPS) is 17.6. The van der Waals surface area contributed by atoms with Crippen molar-refractivity contribution in [3.05, 3.63) is 36.0 Å². The summed E-state index contributed by atoms with van der Waals surface area (Å²) in [6.45, 7) is 7.49. The zero-order chi connectivity index (χ0) is 14.5. The monoisotopic (exact) mass is 286 g/mol. The van der Waals surface area contributed by atoms with E-state index in [9.17, 15) is 0 Å². The number of nitrogens with one attached hydrogen (secondary N) is 1. The van der Waals surface area contributed by atoms with Crippen LogP contribution in [0.3, 0.4) is 0 Å². The molecule has 1 aliphatic heterocycles. The number of nitrogens with zero attached hydrogens (tertiary/aromatic N) is 1. The van der Waals surface area contributed by atoms with Gasteiger partial charge in [0.15, 0.2) is 0 Å². The van der Waals surface area contributed by atoms with E-state index in [2.05, 4.69) is 47.3 Å². The van der Waals surface area contributed by atoms with Crippen LogP contribution in [0.1, 0.15) is 25.3 Å². The molecule has 3 heteroatoms. The van der Waals surface area contributed by atoms with Crippen LogP contribution >= 0.6 is 0 Å². The number of likely N-dealkylation sites (tertiary alicyclic amines) is 1. The maximum Gasteiger partial charge on any atom is 0.0495 e. The number of fused-ring (bicyclic) bond motifs is 1. The molecule has 114 valence electrons. The third-order valence-corrected chi connectivity index (χ3v) is 4.64. The lowest BCUT2D eigenvalue weighted by Gasteiger charge is -2.31. The number of aromatic amines is 1. The van der Waals surface area contributed by atoms with Gasteiger partial charge in [-0.25, -0.2) is 0 Å². The molecule has 1 fully saturated rings. The third-order valence-electron chi connectivity index (χ3n) is 4.64. The molecule has 0 amide bonds. The van der Waals surface area contributed by atoms with Crippen LogP contribution in [0.4, 0.5) is 0 Å². The van der Waals surface area contributed by atoms with E-state index >= 15 is 0 Å². The molecule has 1 aromatic carbocycles. The Morgan fingerprint density at radius 2 is 2.05 bits per heavy atom. The second-order valence-electron chi connectivity index (χ2n) is 6.05. The number of H-pyrrole nitrogens is 1. The van der Waals surface area contributed by atoms with Crippen LogP contribution in [0.2, 0.25) is 0 Å². The van der Waals surface area contributed by atoms with Crippen molar-refractivity contribution in [2.24, 2.45) is 5.92 Å². The number of piperidine rings is 1. The predicted octanol–water partition coefficient (Wildman–Crippen LogP) is 3.46. The molecule has 0 spiro atoms. The van der Waals surface area contributed by atoms with Crippen LogP contribution in [-0.4, -0.2) is 42.7 Å². The van der Waals surface area contributed by atoms with E-state index in [1.165, 1.54) is 48.9 Å². The van der Waals surface area contributed by atoms with E-state index in [1.54, 1.807) is 0 Å². The zero-order valence-electron chi connectivity index (χ0n) is 13.0. The minimum absolute atomic E-state index is 0.772. The molecule has 3 rings (SSSR count). The first-order valence-corrected chi connectivity index (χ1v) is 8.22. The second-order valence-corrected chi connectivity index (χ2v) is 6.05. The topological polar surface area (TPSA) is 28.3 Å². The van der Waals surface area contributed by atoms with E-state index < -0.39 is 0 Å². The van der Waals surface area contributed by atoms with Gasteiger partial charge in [0.2, 0.25) is 0 Å². The van der Waals surface area contributed by atoms with Crippen molar-refractivity contribution in [3.63, 3.8) is 0 Å². The summed E-state index contributed by atoms with van der Waals surface area (Å²) < 4.78 is 5.55. The Labute approximate surface area is 127 Å². The molecule has 0 radical (unpaired) electrons. The number of ether oxygens (including phenoxy) is 1. The second kappa shape index (κ2) is 7.10. The van der Waals surface area contributed by atoms with Crippen molar-refractivity contribution >= 4 is 10.9 Å². The standard InChI is InChI=1S/C18H26N2O/c1-2-21-14-15-7-10-20(11-8-15)12-9-16-13-19-18-6-4-3-5-17(16)18/h3-6,13,15,19H,2,7-12,14H2,1H3. The largest absolute Gasteiger partial charge is 0.381 e. The van der Waals surface area contributed by atoms with E-state index in [0.29, 0.717) is 0 Å². The first kappa shape index (κ1) is 14.6. The minimum Gasteiger partial charge on any atom is -0.381 e. The van der Waals surface area contributed by atoms with Crippen LogP contribution in [0.15, 0.2) is 30.5 Å². The van der Waals surface area contributed by atoms with Gasteiger partial charge in [-0.1, -0.05) is 18.2 Å². The van der Waals surface area contributed by atoms with Crippen LogP contribution in [-0.2, 0) is 11.2 Å². The lowest BCUT2D eigenvalue weighted by molar-refractivity contribution is 0.0745. The average Bonchev–Trinajstić information content (AvgIpc) is 2.95. The first-order chi connectivity index (χ1) is 10.4. The Balaban J connectivity index is 1.48. The van der Waals surface area contributed by atoms with Crippen molar-refractivity contribution in [1.29, 1.82) is 0 Å². The van der Waals surface area contributed by atoms with Gasteiger partial charge in [0, 0.05) is 36.9 Å². The Bertz CT molecular complexity index is 555. The molecule has 0 saturated carbocycles. The van der Waals surface area contributed by atoms with Crippen LogP contribution < -0.4 is 0 Å². The van der Waals surface area contributed by atoms with E-state index in [4.69, 9.17) is 4.74 Å². The number of hydrogen-bond acceptors (Lipinski definition) is 2. The predicted molar refractivity (Wildman–Crippen MR) is 87.7 cm³/mol. The maximum atomic E-state index is 5.55. The molecule has 2 heterocycles. The fourth-order valence-electron chi connectivity index (χ4n) is 3.28. The molecule has 0 atom stereocenters. The molecule has 1 saturated heterocycles. The summed E-state index contributed by atoms with van der Waals surface area (Å²) in [5.41, 5.74) is 2.70. The fourth-order valence-corrected chi connectivity index (χ4v) is 3.28. The average molecular weight is 286 g/mol. The van der Waals surface area contributed by atoms with Crippen molar-refractivity contribution < 1.29 is 4.74 Å². The summed E-state index contributed by atoms with van der Waals surface area (Å²) in [4.78, 5) is 5.97. The van der Waals surface area contributed by atoms with Crippen LogP contribution in [0.5, 0.6) is 0 Å².